The molecule has 33 heavy (non-hydrogen) atoms. The summed E-state index contributed by atoms with van der Waals surface area (Å²) in [7, 11) is 2.23. The van der Waals surface area contributed by atoms with Gasteiger partial charge in [-0.1, -0.05) is 60.7 Å². The topological polar surface area (TPSA) is 72.3 Å². The van der Waals surface area contributed by atoms with Crippen molar-refractivity contribution in [3.8, 4) is 0 Å². The zero-order valence-electron chi connectivity index (χ0n) is 19.1. The van der Waals surface area contributed by atoms with Crippen LogP contribution in [0.15, 0.2) is 79.1 Å². The minimum Gasteiger partial charge on any atom is -0.457 e. The summed E-state index contributed by atoms with van der Waals surface area (Å²) < 4.78 is 6.69. The summed E-state index contributed by atoms with van der Waals surface area (Å²) in [5, 5.41) is 11.6. The molecule has 6 heteroatoms. The molecule has 172 valence electrons. The molecule has 1 aliphatic heterocycles. The van der Waals surface area contributed by atoms with Gasteiger partial charge in [0, 0.05) is 38.1 Å². The van der Waals surface area contributed by atoms with Gasteiger partial charge in [0.25, 0.3) is 0 Å². The summed E-state index contributed by atoms with van der Waals surface area (Å²) >= 11 is 0. The number of ether oxygens (including phenoxy) is 1. The Labute approximate surface area is 195 Å². The van der Waals surface area contributed by atoms with Crippen LogP contribution in [0.2, 0.25) is 0 Å². The Bertz CT molecular complexity index is 991. The van der Waals surface area contributed by atoms with Crippen molar-refractivity contribution in [2.75, 3.05) is 26.7 Å². The van der Waals surface area contributed by atoms with Gasteiger partial charge in [0.1, 0.15) is 18.5 Å². The largest absolute Gasteiger partial charge is 0.457 e. The van der Waals surface area contributed by atoms with E-state index in [1.54, 1.807) is 36.7 Å². The number of hydrogen-bond acceptors (Lipinski definition) is 5. The molecule has 0 aliphatic carbocycles. The summed E-state index contributed by atoms with van der Waals surface area (Å²) in [4.78, 5) is 22.0. The third-order valence-electron chi connectivity index (χ3n) is 6.86. The number of carbonyl (C=O) groups is 1. The van der Waals surface area contributed by atoms with Crippen molar-refractivity contribution in [3.05, 3.63) is 96.1 Å². The number of esters is 1. The second-order valence-corrected chi connectivity index (χ2v) is 9.03. The number of likely N-dealkylation sites (N-methyl/N-ethyl adjacent to an activating group) is 1. The molecule has 0 saturated carbocycles. The fourth-order valence-corrected chi connectivity index (χ4v) is 4.83. The summed E-state index contributed by atoms with van der Waals surface area (Å²) in [6, 6.07) is 20.1. The number of rotatable bonds is 9. The second kappa shape index (κ2) is 10.2. The maximum atomic E-state index is 13.3. The molecular formula is C27H32N3O3+. The maximum Gasteiger partial charge on any atom is 0.347 e. The van der Waals surface area contributed by atoms with Gasteiger partial charge in [0.15, 0.2) is 0 Å². The zero-order valence-corrected chi connectivity index (χ0v) is 19.1. The number of aryl methyl sites for hydroxylation is 1. The monoisotopic (exact) mass is 446 g/mol. The number of carbonyl (C=O) groups excluding carboxylic acids is 1. The quantitative estimate of drug-likeness (QED) is 0.402. The molecule has 4 rings (SSSR count). The van der Waals surface area contributed by atoms with E-state index in [0.717, 1.165) is 49.1 Å². The second-order valence-electron chi connectivity index (χ2n) is 9.03. The first kappa shape index (κ1) is 23.1. The molecule has 1 fully saturated rings. The van der Waals surface area contributed by atoms with Gasteiger partial charge < -0.3 is 14.3 Å². The number of quaternary nitrogens is 1. The highest BCUT2D eigenvalue weighted by Crippen LogP contribution is 2.32. The van der Waals surface area contributed by atoms with Gasteiger partial charge in [-0.3, -0.25) is 0 Å². The van der Waals surface area contributed by atoms with Crippen molar-refractivity contribution in [1.82, 2.24) is 9.97 Å². The van der Waals surface area contributed by atoms with E-state index in [0.29, 0.717) is 17.7 Å². The number of aliphatic hydroxyl groups is 1. The lowest BCUT2D eigenvalue weighted by Crippen LogP contribution is -2.51. The van der Waals surface area contributed by atoms with Gasteiger partial charge in [0.2, 0.25) is 5.60 Å². The minimum absolute atomic E-state index is 0.210. The van der Waals surface area contributed by atoms with Crippen molar-refractivity contribution >= 4 is 5.97 Å². The van der Waals surface area contributed by atoms with Crippen molar-refractivity contribution in [2.24, 2.45) is 0 Å². The van der Waals surface area contributed by atoms with E-state index in [2.05, 4.69) is 17.0 Å². The van der Waals surface area contributed by atoms with Gasteiger partial charge in [-0.15, -0.1) is 0 Å². The van der Waals surface area contributed by atoms with E-state index < -0.39 is 11.6 Å². The molecule has 1 aliphatic rings. The van der Waals surface area contributed by atoms with Crippen LogP contribution in [0.4, 0.5) is 0 Å². The van der Waals surface area contributed by atoms with Crippen LogP contribution in [0.3, 0.4) is 0 Å². The molecular weight excluding hydrogens is 414 g/mol. The highest BCUT2D eigenvalue weighted by molar-refractivity contribution is 5.85. The molecule has 3 aromatic rings. The number of aromatic nitrogens is 2. The van der Waals surface area contributed by atoms with Gasteiger partial charge in [-0.25, -0.2) is 14.8 Å². The zero-order chi connectivity index (χ0) is 23.2. The first-order chi connectivity index (χ1) is 16.0. The van der Waals surface area contributed by atoms with E-state index in [-0.39, 0.29) is 6.04 Å². The predicted molar refractivity (Wildman–Crippen MR) is 126 cm³/mol. The molecule has 2 atom stereocenters. The number of nitrogens with zero attached hydrogens (tertiary/aromatic N) is 3. The van der Waals surface area contributed by atoms with Crippen LogP contribution in [0, 0.1) is 0 Å². The Balaban J connectivity index is 1.43. The van der Waals surface area contributed by atoms with Crippen LogP contribution in [0.1, 0.15) is 36.2 Å². The van der Waals surface area contributed by atoms with Crippen LogP contribution in [0.5, 0.6) is 0 Å². The molecule has 2 heterocycles. The van der Waals surface area contributed by atoms with E-state index >= 15 is 0 Å². The first-order valence-electron chi connectivity index (χ1n) is 11.6. The number of hydrogen-bond donors (Lipinski definition) is 1. The average molecular weight is 447 g/mol. The molecule has 1 N–H and O–H groups in total. The van der Waals surface area contributed by atoms with Crippen LogP contribution >= 0.6 is 0 Å². The molecule has 1 saturated heterocycles. The molecule has 0 amide bonds. The Morgan fingerprint density at radius 1 is 1.03 bits per heavy atom. The Morgan fingerprint density at radius 3 is 2.24 bits per heavy atom. The van der Waals surface area contributed by atoms with E-state index in [1.165, 1.54) is 0 Å². The van der Waals surface area contributed by atoms with Crippen molar-refractivity contribution in [3.63, 3.8) is 0 Å². The van der Waals surface area contributed by atoms with Crippen molar-refractivity contribution in [1.29, 1.82) is 0 Å². The van der Waals surface area contributed by atoms with Crippen LogP contribution in [-0.4, -0.2) is 58.3 Å². The highest BCUT2D eigenvalue weighted by atomic mass is 16.6. The third kappa shape index (κ3) is 5.13. The molecule has 1 unspecified atom stereocenters. The maximum absolute atomic E-state index is 13.3. The predicted octanol–water partition coefficient (Wildman–Crippen LogP) is 3.50. The summed E-state index contributed by atoms with van der Waals surface area (Å²) in [6.45, 7) is 2.32. The third-order valence-corrected chi connectivity index (χ3v) is 6.86. The molecule has 6 nitrogen and oxygen atoms in total. The molecule has 2 aromatic carbocycles. The molecule has 0 spiro atoms. The van der Waals surface area contributed by atoms with Gasteiger partial charge in [0.05, 0.1) is 20.1 Å². The van der Waals surface area contributed by atoms with Gasteiger partial charge in [-0.05, 0) is 17.2 Å². The van der Waals surface area contributed by atoms with Crippen molar-refractivity contribution < 1.29 is 19.1 Å². The standard InChI is InChI=1S/C27H32N3O3/c1-30(20-9-16-25-28-17-10-18-29-25)19-8-15-24(30)21-33-26(31)27(32,22-11-4-2-5-12-22)23-13-6-3-7-14-23/h2-7,10-14,17-18,24,32H,8-9,15-16,19-21H2,1H3/q+1/t24?,30-/m1/s1. The molecule has 0 radical (unpaired) electrons. The SMILES string of the molecule is C[N@+]1(CCCc2ncccn2)CCCC1COC(=O)C(O)(c1ccccc1)c1ccccc1. The Hall–Kier alpha value is -3.09. The normalized spacial score (nSPS) is 20.5. The van der Waals surface area contributed by atoms with E-state index in [4.69, 9.17) is 4.74 Å². The molecule has 0 bridgehead atoms. The van der Waals surface area contributed by atoms with Crippen LogP contribution < -0.4 is 0 Å². The van der Waals surface area contributed by atoms with Gasteiger partial charge >= 0.3 is 5.97 Å². The minimum atomic E-state index is -1.84. The number of benzene rings is 2. The lowest BCUT2D eigenvalue weighted by molar-refractivity contribution is -0.921. The average Bonchev–Trinajstić information content (AvgIpc) is 3.23. The van der Waals surface area contributed by atoms with Crippen molar-refractivity contribution in [2.45, 2.75) is 37.3 Å². The Morgan fingerprint density at radius 2 is 1.64 bits per heavy atom. The lowest BCUT2D eigenvalue weighted by Gasteiger charge is -2.36. The van der Waals surface area contributed by atoms with Crippen LogP contribution in [-0.2, 0) is 21.6 Å². The summed E-state index contributed by atoms with van der Waals surface area (Å²) in [5.74, 6) is 0.234. The highest BCUT2D eigenvalue weighted by Gasteiger charge is 2.44. The van der Waals surface area contributed by atoms with E-state index in [1.807, 2.05) is 42.5 Å². The molecule has 1 aromatic heterocycles. The fraction of sp³-hybridized carbons (Fsp3) is 0.370. The summed E-state index contributed by atoms with van der Waals surface area (Å²) in [5.41, 5.74) is -0.824. The van der Waals surface area contributed by atoms with Crippen LogP contribution in [0.25, 0.3) is 0 Å². The lowest BCUT2D eigenvalue weighted by atomic mass is 9.86. The first-order valence-corrected chi connectivity index (χ1v) is 11.6. The number of likely N-dealkylation sites (tertiary alicyclic amines) is 1. The Kier molecular flexibility index (Phi) is 7.16. The summed E-state index contributed by atoms with van der Waals surface area (Å²) in [6.07, 6.45) is 7.46. The fourth-order valence-electron chi connectivity index (χ4n) is 4.83. The van der Waals surface area contributed by atoms with Gasteiger partial charge in [-0.2, -0.15) is 0 Å². The smallest absolute Gasteiger partial charge is 0.347 e. The van der Waals surface area contributed by atoms with E-state index in [9.17, 15) is 9.90 Å².